The molecule has 0 aromatic heterocycles. The van der Waals surface area contributed by atoms with Crippen LogP contribution in [0, 0.1) is 5.92 Å². The van der Waals surface area contributed by atoms with Crippen LogP contribution in [0.25, 0.3) is 6.08 Å². The van der Waals surface area contributed by atoms with Crippen molar-refractivity contribution in [3.8, 4) is 11.5 Å². The molecule has 2 aliphatic heterocycles. The fourth-order valence-electron chi connectivity index (χ4n) is 2.57. The normalized spacial score (nSPS) is 21.0. The lowest BCUT2D eigenvalue weighted by atomic mass is 10.1. The van der Waals surface area contributed by atoms with E-state index in [-0.39, 0.29) is 12.7 Å². The van der Waals surface area contributed by atoms with Gasteiger partial charge in [-0.1, -0.05) is 6.07 Å². The molecular formula is C16H17N3O3. The summed E-state index contributed by atoms with van der Waals surface area (Å²) in [5, 5.41) is 2.82. The van der Waals surface area contributed by atoms with Gasteiger partial charge in [-0.05, 0) is 42.5 Å². The average Bonchev–Trinajstić information content (AvgIpc) is 3.06. The van der Waals surface area contributed by atoms with Gasteiger partial charge in [0.15, 0.2) is 11.5 Å². The summed E-state index contributed by atoms with van der Waals surface area (Å²) in [5.41, 5.74) is 1.28. The van der Waals surface area contributed by atoms with Crippen molar-refractivity contribution in [1.29, 1.82) is 0 Å². The number of carbonyl (C=O) groups is 1. The summed E-state index contributed by atoms with van der Waals surface area (Å²) in [4.78, 5) is 18.5. The Kier molecular flexibility index (Phi) is 3.03. The van der Waals surface area contributed by atoms with Crippen molar-refractivity contribution in [1.82, 2.24) is 10.2 Å². The van der Waals surface area contributed by atoms with Crippen LogP contribution in [0.3, 0.4) is 0 Å². The lowest BCUT2D eigenvalue weighted by Gasteiger charge is -2.17. The van der Waals surface area contributed by atoms with Gasteiger partial charge in [0.1, 0.15) is 5.70 Å². The van der Waals surface area contributed by atoms with Crippen molar-refractivity contribution in [3.63, 3.8) is 0 Å². The minimum absolute atomic E-state index is 0.171. The summed E-state index contributed by atoms with van der Waals surface area (Å²) in [6, 6.07) is 5.57. The van der Waals surface area contributed by atoms with E-state index in [0.29, 0.717) is 17.4 Å². The van der Waals surface area contributed by atoms with Gasteiger partial charge in [-0.2, -0.15) is 0 Å². The quantitative estimate of drug-likeness (QED) is 0.861. The lowest BCUT2D eigenvalue weighted by Crippen LogP contribution is -2.38. The molecule has 0 atom stereocenters. The minimum Gasteiger partial charge on any atom is -0.454 e. The Morgan fingerprint density at radius 3 is 3.00 bits per heavy atom. The summed E-state index contributed by atoms with van der Waals surface area (Å²) in [7, 11) is 1.96. The van der Waals surface area contributed by atoms with Gasteiger partial charge in [-0.25, -0.2) is 4.99 Å². The van der Waals surface area contributed by atoms with Crippen LogP contribution in [0.15, 0.2) is 28.9 Å². The van der Waals surface area contributed by atoms with Crippen molar-refractivity contribution in [2.75, 3.05) is 20.4 Å². The molecule has 6 heteroatoms. The van der Waals surface area contributed by atoms with E-state index in [1.54, 1.807) is 6.08 Å². The molecule has 0 bridgehead atoms. The topological polar surface area (TPSA) is 63.2 Å². The van der Waals surface area contributed by atoms with E-state index in [0.717, 1.165) is 23.8 Å². The molecule has 1 N–H and O–H groups in total. The van der Waals surface area contributed by atoms with Crippen molar-refractivity contribution in [2.24, 2.45) is 10.9 Å². The third-order valence-corrected chi connectivity index (χ3v) is 3.97. The predicted octanol–water partition coefficient (Wildman–Crippen LogP) is 1.58. The summed E-state index contributed by atoms with van der Waals surface area (Å²) >= 11 is 0. The maximum Gasteiger partial charge on any atom is 0.276 e. The first kappa shape index (κ1) is 13.2. The highest BCUT2D eigenvalue weighted by atomic mass is 16.7. The third-order valence-electron chi connectivity index (χ3n) is 3.97. The molecule has 1 aromatic carbocycles. The number of nitrogens with one attached hydrogen (secondary N) is 1. The molecule has 1 saturated carbocycles. The van der Waals surface area contributed by atoms with E-state index < -0.39 is 0 Å². The fraction of sp³-hybridized carbons (Fsp3) is 0.375. The van der Waals surface area contributed by atoms with Gasteiger partial charge in [-0.15, -0.1) is 0 Å². The van der Waals surface area contributed by atoms with Gasteiger partial charge in [0.05, 0.1) is 0 Å². The molecule has 22 heavy (non-hydrogen) atoms. The second kappa shape index (κ2) is 5.05. The molecule has 0 unspecified atom stereocenters. The highest BCUT2D eigenvalue weighted by Crippen LogP contribution is 2.33. The molecule has 6 nitrogen and oxygen atoms in total. The molecule has 0 saturated heterocycles. The number of hydrogen-bond donors (Lipinski definition) is 1. The zero-order valence-electron chi connectivity index (χ0n) is 12.3. The third kappa shape index (κ3) is 2.52. The molecule has 1 fully saturated rings. The van der Waals surface area contributed by atoms with E-state index in [1.807, 2.05) is 30.1 Å². The highest BCUT2D eigenvalue weighted by molar-refractivity contribution is 6.13. The Balaban J connectivity index is 1.55. The average molecular weight is 299 g/mol. The van der Waals surface area contributed by atoms with Crippen molar-refractivity contribution < 1.29 is 14.3 Å². The van der Waals surface area contributed by atoms with Crippen LogP contribution in [-0.2, 0) is 4.79 Å². The fourth-order valence-corrected chi connectivity index (χ4v) is 2.57. The van der Waals surface area contributed by atoms with Crippen LogP contribution in [0.4, 0.5) is 0 Å². The van der Waals surface area contributed by atoms with Gasteiger partial charge in [0, 0.05) is 13.6 Å². The first-order valence-corrected chi connectivity index (χ1v) is 7.41. The van der Waals surface area contributed by atoms with E-state index in [4.69, 9.17) is 9.47 Å². The number of ether oxygens (including phenoxy) is 2. The van der Waals surface area contributed by atoms with E-state index in [2.05, 4.69) is 10.3 Å². The SMILES string of the molecule is CN(CC1CC1)C1=N/C(=C\c2ccc3c(c2)OCO3)C(=O)N1. The maximum atomic E-state index is 12.1. The minimum atomic E-state index is -0.171. The van der Waals surface area contributed by atoms with Gasteiger partial charge < -0.3 is 14.4 Å². The van der Waals surface area contributed by atoms with E-state index in [9.17, 15) is 4.79 Å². The number of aliphatic imine (C=N–C) groups is 1. The Bertz CT molecular complexity index is 692. The van der Waals surface area contributed by atoms with Crippen molar-refractivity contribution in [3.05, 3.63) is 29.5 Å². The molecule has 2 heterocycles. The number of benzene rings is 1. The predicted molar refractivity (Wildman–Crippen MR) is 81.5 cm³/mol. The smallest absolute Gasteiger partial charge is 0.276 e. The zero-order valence-corrected chi connectivity index (χ0v) is 12.3. The van der Waals surface area contributed by atoms with Crippen LogP contribution in [0.2, 0.25) is 0 Å². The van der Waals surface area contributed by atoms with Crippen molar-refractivity contribution >= 4 is 17.9 Å². The first-order chi connectivity index (χ1) is 10.7. The molecule has 3 aliphatic rings. The Labute approximate surface area is 128 Å². The van der Waals surface area contributed by atoms with Crippen LogP contribution < -0.4 is 14.8 Å². The first-order valence-electron chi connectivity index (χ1n) is 7.41. The summed E-state index contributed by atoms with van der Waals surface area (Å²) < 4.78 is 10.6. The molecule has 0 radical (unpaired) electrons. The molecule has 0 spiro atoms. The second-order valence-corrected chi connectivity index (χ2v) is 5.86. The molecule has 4 rings (SSSR count). The number of nitrogens with zero attached hydrogens (tertiary/aromatic N) is 2. The van der Waals surface area contributed by atoms with Gasteiger partial charge >= 0.3 is 0 Å². The molecule has 1 aliphatic carbocycles. The van der Waals surface area contributed by atoms with Gasteiger partial charge in [0.2, 0.25) is 12.8 Å². The number of rotatable bonds is 3. The van der Waals surface area contributed by atoms with Crippen molar-refractivity contribution in [2.45, 2.75) is 12.8 Å². The Hall–Kier alpha value is -2.50. The largest absolute Gasteiger partial charge is 0.454 e. The standard InChI is InChI=1S/C16H17N3O3/c1-19(8-10-2-3-10)16-17-12(15(20)18-16)6-11-4-5-13-14(7-11)22-9-21-13/h4-7,10H,2-3,8-9H2,1H3,(H,17,18,20)/b12-6-. The molecule has 1 amide bonds. The number of amides is 1. The number of guanidine groups is 1. The number of fused-ring (bicyclic) bond motifs is 1. The maximum absolute atomic E-state index is 12.1. The van der Waals surface area contributed by atoms with Gasteiger partial charge in [-0.3, -0.25) is 10.1 Å². The summed E-state index contributed by atoms with van der Waals surface area (Å²) in [6.45, 7) is 1.18. The Morgan fingerprint density at radius 2 is 2.18 bits per heavy atom. The molecule has 114 valence electrons. The summed E-state index contributed by atoms with van der Waals surface area (Å²) in [6.07, 6.45) is 4.30. The summed E-state index contributed by atoms with van der Waals surface area (Å²) in [5.74, 6) is 2.62. The Morgan fingerprint density at radius 1 is 1.36 bits per heavy atom. The zero-order chi connectivity index (χ0) is 15.1. The van der Waals surface area contributed by atoms with Gasteiger partial charge in [0.25, 0.3) is 5.91 Å². The number of hydrogen-bond acceptors (Lipinski definition) is 5. The monoisotopic (exact) mass is 299 g/mol. The molecular weight excluding hydrogens is 282 g/mol. The lowest BCUT2D eigenvalue weighted by molar-refractivity contribution is -0.115. The van der Waals surface area contributed by atoms with Crippen LogP contribution in [-0.4, -0.2) is 37.2 Å². The molecule has 1 aromatic rings. The highest BCUT2D eigenvalue weighted by Gasteiger charge is 2.28. The van der Waals surface area contributed by atoms with Crippen LogP contribution in [0.1, 0.15) is 18.4 Å². The van der Waals surface area contributed by atoms with E-state index >= 15 is 0 Å². The number of carbonyl (C=O) groups excluding carboxylic acids is 1. The van der Waals surface area contributed by atoms with E-state index in [1.165, 1.54) is 12.8 Å². The second-order valence-electron chi connectivity index (χ2n) is 5.86. The van der Waals surface area contributed by atoms with Crippen LogP contribution in [0.5, 0.6) is 11.5 Å². The van der Waals surface area contributed by atoms with Crippen LogP contribution >= 0.6 is 0 Å².